The van der Waals surface area contributed by atoms with Crippen molar-refractivity contribution >= 4 is 0 Å². The molecule has 4 nitrogen and oxygen atoms in total. The number of aryl methyl sites for hydroxylation is 3. The maximum Gasteiger partial charge on any atom is 0.118 e. The monoisotopic (exact) mass is 275 g/mol. The van der Waals surface area contributed by atoms with Crippen molar-refractivity contribution in [2.45, 2.75) is 53.6 Å². The van der Waals surface area contributed by atoms with Gasteiger partial charge in [-0.25, -0.2) is 0 Å². The molecule has 1 N–H and O–H groups in total. The molecule has 0 saturated carbocycles. The third kappa shape index (κ3) is 3.31. The number of nitrogens with one attached hydrogen (secondary N) is 1. The van der Waals surface area contributed by atoms with Crippen LogP contribution in [-0.4, -0.2) is 16.3 Å². The van der Waals surface area contributed by atoms with Crippen molar-refractivity contribution in [2.24, 2.45) is 0 Å². The van der Waals surface area contributed by atoms with Crippen molar-refractivity contribution in [2.75, 3.05) is 6.54 Å². The molecule has 0 atom stereocenters. The Hall–Kier alpha value is -1.55. The SMILES string of the molecule is CCNCc1cc(Cn2nc(CC)cc2CC)c(C)o1. The first-order valence-electron chi connectivity index (χ1n) is 7.52. The molecule has 0 unspecified atom stereocenters. The fourth-order valence-electron chi connectivity index (χ4n) is 2.35. The Morgan fingerprint density at radius 1 is 1.20 bits per heavy atom. The quantitative estimate of drug-likeness (QED) is 0.844. The molecule has 2 heterocycles. The van der Waals surface area contributed by atoms with Crippen LogP contribution in [0.1, 0.15) is 49.2 Å². The molecule has 2 aromatic rings. The first-order chi connectivity index (χ1) is 9.67. The molecule has 0 aliphatic carbocycles. The molecule has 0 radical (unpaired) electrons. The number of hydrogen-bond donors (Lipinski definition) is 1. The predicted molar refractivity (Wildman–Crippen MR) is 80.9 cm³/mol. The third-order valence-corrected chi connectivity index (χ3v) is 3.58. The van der Waals surface area contributed by atoms with Gasteiger partial charge in [0.15, 0.2) is 0 Å². The second-order valence-corrected chi connectivity index (χ2v) is 5.07. The van der Waals surface area contributed by atoms with Gasteiger partial charge < -0.3 is 9.73 Å². The minimum Gasteiger partial charge on any atom is -0.465 e. The van der Waals surface area contributed by atoms with E-state index in [4.69, 9.17) is 4.42 Å². The lowest BCUT2D eigenvalue weighted by Crippen LogP contribution is -2.10. The molecule has 20 heavy (non-hydrogen) atoms. The minimum absolute atomic E-state index is 0.789. The summed E-state index contributed by atoms with van der Waals surface area (Å²) in [5.74, 6) is 1.99. The van der Waals surface area contributed by atoms with Crippen molar-refractivity contribution in [3.8, 4) is 0 Å². The maximum absolute atomic E-state index is 5.79. The summed E-state index contributed by atoms with van der Waals surface area (Å²) < 4.78 is 7.90. The third-order valence-electron chi connectivity index (χ3n) is 3.58. The van der Waals surface area contributed by atoms with Crippen LogP contribution < -0.4 is 5.32 Å². The summed E-state index contributed by atoms with van der Waals surface area (Å²) in [6, 6.07) is 4.35. The van der Waals surface area contributed by atoms with Gasteiger partial charge in [0.25, 0.3) is 0 Å². The van der Waals surface area contributed by atoms with E-state index < -0.39 is 0 Å². The highest BCUT2D eigenvalue weighted by Crippen LogP contribution is 2.17. The minimum atomic E-state index is 0.789. The van der Waals surface area contributed by atoms with Gasteiger partial charge in [0.05, 0.1) is 18.8 Å². The normalized spacial score (nSPS) is 11.2. The smallest absolute Gasteiger partial charge is 0.118 e. The summed E-state index contributed by atoms with van der Waals surface area (Å²) in [6.45, 7) is 11.0. The molecule has 2 aromatic heterocycles. The largest absolute Gasteiger partial charge is 0.465 e. The van der Waals surface area contributed by atoms with E-state index in [0.29, 0.717) is 0 Å². The summed E-state index contributed by atoms with van der Waals surface area (Å²) in [6.07, 6.45) is 1.99. The molecule has 110 valence electrons. The molecular formula is C16H25N3O. The van der Waals surface area contributed by atoms with E-state index in [2.05, 4.69) is 48.0 Å². The molecule has 0 amide bonds. The molecule has 2 rings (SSSR count). The highest BCUT2D eigenvalue weighted by molar-refractivity contribution is 5.22. The molecular weight excluding hydrogens is 250 g/mol. The lowest BCUT2D eigenvalue weighted by atomic mass is 10.2. The zero-order chi connectivity index (χ0) is 14.5. The van der Waals surface area contributed by atoms with E-state index in [-0.39, 0.29) is 0 Å². The summed E-state index contributed by atoms with van der Waals surface area (Å²) in [4.78, 5) is 0. The maximum atomic E-state index is 5.79. The van der Waals surface area contributed by atoms with Crippen molar-refractivity contribution in [3.05, 3.63) is 40.6 Å². The summed E-state index contributed by atoms with van der Waals surface area (Å²) in [7, 11) is 0. The number of nitrogens with zero attached hydrogens (tertiary/aromatic N) is 2. The van der Waals surface area contributed by atoms with Crippen LogP contribution in [0.25, 0.3) is 0 Å². The zero-order valence-electron chi connectivity index (χ0n) is 13.0. The van der Waals surface area contributed by atoms with E-state index in [1.807, 2.05) is 6.92 Å². The summed E-state index contributed by atoms with van der Waals surface area (Å²) in [5, 5.41) is 7.96. The van der Waals surface area contributed by atoms with Gasteiger partial charge in [-0.15, -0.1) is 0 Å². The lowest BCUT2D eigenvalue weighted by Gasteiger charge is -2.04. The molecule has 0 saturated heterocycles. The van der Waals surface area contributed by atoms with Gasteiger partial charge in [0.1, 0.15) is 11.5 Å². The highest BCUT2D eigenvalue weighted by atomic mass is 16.3. The van der Waals surface area contributed by atoms with Gasteiger partial charge in [0.2, 0.25) is 0 Å². The van der Waals surface area contributed by atoms with Crippen LogP contribution >= 0.6 is 0 Å². The first-order valence-corrected chi connectivity index (χ1v) is 7.52. The second kappa shape index (κ2) is 6.75. The Labute approximate surface area is 121 Å². The van der Waals surface area contributed by atoms with Crippen LogP contribution in [0.15, 0.2) is 16.5 Å². The Bertz CT molecular complexity index is 554. The summed E-state index contributed by atoms with van der Waals surface area (Å²) >= 11 is 0. The average molecular weight is 275 g/mol. The van der Waals surface area contributed by atoms with Crippen molar-refractivity contribution in [1.29, 1.82) is 0 Å². The fourth-order valence-corrected chi connectivity index (χ4v) is 2.35. The van der Waals surface area contributed by atoms with E-state index >= 15 is 0 Å². The van der Waals surface area contributed by atoms with Crippen molar-refractivity contribution in [3.63, 3.8) is 0 Å². The van der Waals surface area contributed by atoms with Gasteiger partial charge >= 0.3 is 0 Å². The molecule has 0 aliphatic rings. The zero-order valence-corrected chi connectivity index (χ0v) is 13.0. The van der Waals surface area contributed by atoms with E-state index in [1.165, 1.54) is 11.3 Å². The topological polar surface area (TPSA) is 43.0 Å². The van der Waals surface area contributed by atoms with Gasteiger partial charge in [-0.2, -0.15) is 5.10 Å². The second-order valence-electron chi connectivity index (χ2n) is 5.07. The van der Waals surface area contributed by atoms with Crippen LogP contribution in [0.3, 0.4) is 0 Å². The average Bonchev–Trinajstić information content (AvgIpc) is 3.01. The molecule has 4 heteroatoms. The molecule has 0 aliphatic heterocycles. The first kappa shape index (κ1) is 14.9. The Kier molecular flexibility index (Phi) is 5.01. The molecule has 0 aromatic carbocycles. The van der Waals surface area contributed by atoms with Crippen LogP contribution in [0.5, 0.6) is 0 Å². The summed E-state index contributed by atoms with van der Waals surface area (Å²) in [5.41, 5.74) is 3.67. The fraction of sp³-hybridized carbons (Fsp3) is 0.562. The Morgan fingerprint density at radius 3 is 2.65 bits per heavy atom. The molecule has 0 bridgehead atoms. The van der Waals surface area contributed by atoms with E-state index in [1.54, 1.807) is 0 Å². The molecule has 0 fully saturated rings. The van der Waals surface area contributed by atoms with Crippen molar-refractivity contribution < 1.29 is 4.42 Å². The van der Waals surface area contributed by atoms with Gasteiger partial charge in [-0.1, -0.05) is 20.8 Å². The number of aromatic nitrogens is 2. The van der Waals surface area contributed by atoms with Crippen molar-refractivity contribution in [1.82, 2.24) is 15.1 Å². The predicted octanol–water partition coefficient (Wildman–Crippen LogP) is 3.07. The van der Waals surface area contributed by atoms with Crippen LogP contribution in [0.2, 0.25) is 0 Å². The van der Waals surface area contributed by atoms with Gasteiger partial charge in [-0.05, 0) is 38.4 Å². The Balaban J connectivity index is 2.16. The number of hydrogen-bond acceptors (Lipinski definition) is 3. The van der Waals surface area contributed by atoms with E-state index in [0.717, 1.165) is 49.7 Å². The Morgan fingerprint density at radius 2 is 2.00 bits per heavy atom. The number of rotatable bonds is 7. The molecule has 0 spiro atoms. The van der Waals surface area contributed by atoms with Crippen LogP contribution in [-0.2, 0) is 25.9 Å². The number of furan rings is 1. The standard InChI is InChI=1S/C16H25N3O/c1-5-14-9-15(6-2)19(18-14)11-13-8-16(10-17-7-3)20-12(13)4/h8-9,17H,5-7,10-11H2,1-4H3. The van der Waals surface area contributed by atoms with Gasteiger partial charge in [0, 0.05) is 11.3 Å². The van der Waals surface area contributed by atoms with Crippen LogP contribution in [0.4, 0.5) is 0 Å². The highest BCUT2D eigenvalue weighted by Gasteiger charge is 2.11. The van der Waals surface area contributed by atoms with E-state index in [9.17, 15) is 0 Å². The lowest BCUT2D eigenvalue weighted by molar-refractivity contribution is 0.461. The van der Waals surface area contributed by atoms with Gasteiger partial charge in [-0.3, -0.25) is 4.68 Å². The van der Waals surface area contributed by atoms with Crippen LogP contribution in [0, 0.1) is 6.92 Å².